The van der Waals surface area contributed by atoms with Gasteiger partial charge in [-0.2, -0.15) is 0 Å². The number of nitrogens with one attached hydrogen (secondary N) is 4. The van der Waals surface area contributed by atoms with Crippen LogP contribution in [-0.4, -0.2) is 27.0 Å². The summed E-state index contributed by atoms with van der Waals surface area (Å²) in [4.78, 5) is 35.8. The van der Waals surface area contributed by atoms with E-state index in [1.54, 1.807) is 13.1 Å². The molecule has 1 amide bonds. The van der Waals surface area contributed by atoms with Crippen LogP contribution in [0.3, 0.4) is 0 Å². The van der Waals surface area contributed by atoms with Gasteiger partial charge < -0.3 is 15.6 Å². The molecule has 4 aromatic rings. The summed E-state index contributed by atoms with van der Waals surface area (Å²) in [7, 11) is 0. The highest BCUT2D eigenvalue weighted by atomic mass is 16.2. The molecule has 0 bridgehead atoms. The fraction of sp³-hybridized carbons (Fsp3) is 0.217. The molecular weight excluding hydrogens is 392 g/mol. The molecule has 0 aliphatic rings. The number of anilines is 1. The van der Waals surface area contributed by atoms with E-state index < -0.39 is 0 Å². The minimum absolute atomic E-state index is 0.0642. The third kappa shape index (κ3) is 4.98. The van der Waals surface area contributed by atoms with Crippen LogP contribution in [0.5, 0.6) is 0 Å². The quantitative estimate of drug-likeness (QED) is 0.407. The van der Waals surface area contributed by atoms with Crippen LogP contribution in [0.2, 0.25) is 0 Å². The lowest BCUT2D eigenvalue weighted by Gasteiger charge is -2.12. The summed E-state index contributed by atoms with van der Waals surface area (Å²) in [5.41, 5.74) is 3.37. The van der Waals surface area contributed by atoms with Gasteiger partial charge in [-0.3, -0.25) is 14.2 Å². The highest BCUT2D eigenvalue weighted by Gasteiger charge is 2.13. The lowest BCUT2D eigenvalue weighted by atomic mass is 10.1. The number of amides is 1. The van der Waals surface area contributed by atoms with Gasteiger partial charge in [0, 0.05) is 30.7 Å². The van der Waals surface area contributed by atoms with Gasteiger partial charge in [0.2, 0.25) is 11.6 Å². The molecule has 0 saturated heterocycles. The van der Waals surface area contributed by atoms with Crippen LogP contribution < -0.4 is 21.2 Å². The monoisotopic (exact) mass is 417 g/mol. The summed E-state index contributed by atoms with van der Waals surface area (Å²) in [5, 5.41) is 7.02. The normalized spacial score (nSPS) is 10.9. The number of fused-ring (bicyclic) bond motifs is 1. The van der Waals surface area contributed by atoms with E-state index in [1.165, 1.54) is 10.1 Å². The Balaban J connectivity index is 1.37. The fourth-order valence-electron chi connectivity index (χ4n) is 3.39. The second-order valence-electron chi connectivity index (χ2n) is 7.38. The van der Waals surface area contributed by atoms with Gasteiger partial charge in [0.25, 0.3) is 5.56 Å². The number of hydrogen-bond donors (Lipinski definition) is 3. The molecule has 0 spiro atoms. The third-order valence-electron chi connectivity index (χ3n) is 5.13. The number of hydrogen-bond acceptors (Lipinski definition) is 4. The van der Waals surface area contributed by atoms with Gasteiger partial charge in [0.05, 0.1) is 10.9 Å². The molecule has 158 valence electrons. The standard InChI is InChI=1S/C23H24N6O2/c1-16-12-28-22(25-9-7-17-5-3-2-4-6-17)23(31)29(16)15-21(30)27-14-19-11-20-18(13-26-19)8-10-24-20/h2-6,8,10-13,24H,7,9,14-15H2,1H3,(H,25,28)(H,27,30)/p+1. The van der Waals surface area contributed by atoms with E-state index in [1.807, 2.05) is 54.9 Å². The third-order valence-corrected chi connectivity index (χ3v) is 5.13. The number of carbonyl (C=O) groups is 1. The highest BCUT2D eigenvalue weighted by molar-refractivity contribution is 5.78. The van der Waals surface area contributed by atoms with Gasteiger partial charge in [-0.1, -0.05) is 30.3 Å². The zero-order chi connectivity index (χ0) is 21.6. The molecule has 31 heavy (non-hydrogen) atoms. The number of aromatic amines is 2. The average Bonchev–Trinajstić information content (AvgIpc) is 3.25. The van der Waals surface area contributed by atoms with Crippen LogP contribution in [0.1, 0.15) is 17.0 Å². The summed E-state index contributed by atoms with van der Waals surface area (Å²) >= 11 is 0. The SMILES string of the molecule is Cc1cnc(NCCc2ccccc2)c(=O)n1CC(=O)NCc1cc2[nH]ccc2c[nH+]1. The molecule has 4 rings (SSSR count). The largest absolute Gasteiger partial charge is 0.365 e. The van der Waals surface area contributed by atoms with Gasteiger partial charge in [-0.15, -0.1) is 0 Å². The van der Waals surface area contributed by atoms with E-state index in [-0.39, 0.29) is 23.8 Å². The molecule has 0 unspecified atom stereocenters. The van der Waals surface area contributed by atoms with Crippen molar-refractivity contribution in [3.05, 3.63) is 88.4 Å². The van der Waals surface area contributed by atoms with Crippen molar-refractivity contribution < 1.29 is 9.78 Å². The minimum atomic E-state index is -0.303. The van der Waals surface area contributed by atoms with Gasteiger partial charge in [0.15, 0.2) is 12.0 Å². The number of nitrogens with zero attached hydrogens (tertiary/aromatic N) is 2. The number of H-pyrrole nitrogens is 2. The number of carbonyl (C=O) groups excluding carboxylic acids is 1. The molecule has 0 aliphatic carbocycles. The molecule has 0 aliphatic heterocycles. The molecule has 0 saturated carbocycles. The van der Waals surface area contributed by atoms with Crippen molar-refractivity contribution in [3.8, 4) is 0 Å². The minimum Gasteiger partial charge on any atom is -0.365 e. The predicted molar refractivity (Wildman–Crippen MR) is 119 cm³/mol. The van der Waals surface area contributed by atoms with Crippen LogP contribution >= 0.6 is 0 Å². The smallest absolute Gasteiger partial charge is 0.293 e. The van der Waals surface area contributed by atoms with E-state index in [0.29, 0.717) is 18.8 Å². The Labute approximate surface area is 179 Å². The van der Waals surface area contributed by atoms with Crippen molar-refractivity contribution in [2.75, 3.05) is 11.9 Å². The summed E-state index contributed by atoms with van der Waals surface area (Å²) < 4.78 is 1.44. The maximum Gasteiger partial charge on any atom is 0.293 e. The molecule has 0 fully saturated rings. The van der Waals surface area contributed by atoms with Crippen LogP contribution in [0.4, 0.5) is 5.82 Å². The molecule has 4 N–H and O–H groups in total. The van der Waals surface area contributed by atoms with Gasteiger partial charge >= 0.3 is 0 Å². The molecule has 8 nitrogen and oxygen atoms in total. The van der Waals surface area contributed by atoms with Crippen LogP contribution in [0, 0.1) is 6.92 Å². The van der Waals surface area contributed by atoms with Gasteiger partial charge in [0.1, 0.15) is 13.1 Å². The van der Waals surface area contributed by atoms with Crippen LogP contribution in [0.25, 0.3) is 10.9 Å². The van der Waals surface area contributed by atoms with E-state index in [4.69, 9.17) is 0 Å². The van der Waals surface area contributed by atoms with Crippen LogP contribution in [0.15, 0.2) is 65.8 Å². The molecular formula is C23H25N6O2+. The Bertz CT molecular complexity index is 1250. The predicted octanol–water partition coefficient (Wildman–Crippen LogP) is 1.82. The topological polar surface area (TPSA) is 106 Å². The average molecular weight is 417 g/mol. The van der Waals surface area contributed by atoms with Crippen molar-refractivity contribution in [2.24, 2.45) is 0 Å². The molecule has 3 heterocycles. The maximum absolute atomic E-state index is 12.8. The number of rotatable bonds is 8. The molecule has 3 aromatic heterocycles. The van der Waals surface area contributed by atoms with Crippen molar-refractivity contribution in [3.63, 3.8) is 0 Å². The highest BCUT2D eigenvalue weighted by Crippen LogP contribution is 2.09. The van der Waals surface area contributed by atoms with E-state index in [0.717, 1.165) is 23.0 Å². The molecule has 0 atom stereocenters. The fourth-order valence-corrected chi connectivity index (χ4v) is 3.39. The maximum atomic E-state index is 12.8. The number of pyridine rings is 1. The van der Waals surface area contributed by atoms with Gasteiger partial charge in [-0.05, 0) is 25.0 Å². The second-order valence-corrected chi connectivity index (χ2v) is 7.38. The molecule has 0 radical (unpaired) electrons. The second kappa shape index (κ2) is 9.25. The Morgan fingerprint density at radius 1 is 1.23 bits per heavy atom. The van der Waals surface area contributed by atoms with Crippen molar-refractivity contribution in [2.45, 2.75) is 26.4 Å². The molecule has 8 heteroatoms. The first-order valence-corrected chi connectivity index (χ1v) is 10.2. The Morgan fingerprint density at radius 2 is 2.06 bits per heavy atom. The summed E-state index contributed by atoms with van der Waals surface area (Å²) in [6.45, 7) is 2.63. The van der Waals surface area contributed by atoms with Gasteiger partial charge in [-0.25, -0.2) is 9.97 Å². The first-order chi connectivity index (χ1) is 15.1. The lowest BCUT2D eigenvalue weighted by Crippen LogP contribution is -2.35. The van der Waals surface area contributed by atoms with E-state index in [2.05, 4.69) is 25.6 Å². The van der Waals surface area contributed by atoms with Crippen molar-refractivity contribution in [1.29, 1.82) is 0 Å². The number of benzene rings is 1. The Kier molecular flexibility index (Phi) is 6.07. The number of aromatic nitrogens is 4. The number of aryl methyl sites for hydroxylation is 1. The zero-order valence-corrected chi connectivity index (χ0v) is 17.3. The first kappa shape index (κ1) is 20.3. The van der Waals surface area contributed by atoms with E-state index >= 15 is 0 Å². The Morgan fingerprint density at radius 3 is 2.90 bits per heavy atom. The zero-order valence-electron chi connectivity index (χ0n) is 17.3. The Hall–Kier alpha value is -3.94. The van der Waals surface area contributed by atoms with Crippen molar-refractivity contribution >= 4 is 22.6 Å². The molecule has 1 aromatic carbocycles. The van der Waals surface area contributed by atoms with Crippen molar-refractivity contribution in [1.82, 2.24) is 19.9 Å². The summed E-state index contributed by atoms with van der Waals surface area (Å²) in [6.07, 6.45) is 6.13. The van der Waals surface area contributed by atoms with Crippen LogP contribution in [-0.2, 0) is 24.3 Å². The summed E-state index contributed by atoms with van der Waals surface area (Å²) in [6, 6.07) is 13.9. The summed E-state index contributed by atoms with van der Waals surface area (Å²) in [5.74, 6) is 0.00600. The lowest BCUT2D eigenvalue weighted by molar-refractivity contribution is -0.388. The van der Waals surface area contributed by atoms with E-state index in [9.17, 15) is 9.59 Å². The first-order valence-electron chi connectivity index (χ1n) is 10.2.